The summed E-state index contributed by atoms with van der Waals surface area (Å²) < 4.78 is 13.0. The SMILES string of the molecule is CN(C(=O)c1ccc2nc(N)c3cnn(C)c3c2c1)[C@@H]1COc2cc(C3COC3)ccc21. The predicted octanol–water partition coefficient (Wildman–Crippen LogP) is 3.02. The third-order valence-electron chi connectivity index (χ3n) is 6.64. The molecule has 1 amide bonds. The van der Waals surface area contributed by atoms with Gasteiger partial charge in [0.1, 0.15) is 18.2 Å². The predicted molar refractivity (Wildman–Crippen MR) is 121 cm³/mol. The first-order valence-corrected chi connectivity index (χ1v) is 10.6. The van der Waals surface area contributed by atoms with Crippen LogP contribution in [-0.4, -0.2) is 52.4 Å². The molecule has 2 aliphatic rings. The normalized spacial score (nSPS) is 17.9. The van der Waals surface area contributed by atoms with Crippen molar-refractivity contribution in [3.05, 3.63) is 59.3 Å². The highest BCUT2D eigenvalue weighted by molar-refractivity contribution is 6.10. The van der Waals surface area contributed by atoms with E-state index in [1.165, 1.54) is 5.56 Å². The fraction of sp³-hybridized carbons (Fsp3) is 0.292. The van der Waals surface area contributed by atoms with Gasteiger partial charge in [-0.15, -0.1) is 0 Å². The minimum absolute atomic E-state index is 0.0723. The summed E-state index contributed by atoms with van der Waals surface area (Å²) in [6, 6.07) is 11.7. The average Bonchev–Trinajstić information content (AvgIpc) is 3.35. The number of hydrogen-bond acceptors (Lipinski definition) is 6. The summed E-state index contributed by atoms with van der Waals surface area (Å²) in [5.74, 6) is 1.65. The van der Waals surface area contributed by atoms with Gasteiger partial charge in [0, 0.05) is 36.5 Å². The summed E-state index contributed by atoms with van der Waals surface area (Å²) in [5.41, 5.74) is 10.5. The van der Waals surface area contributed by atoms with Gasteiger partial charge in [-0.25, -0.2) is 4.98 Å². The number of rotatable bonds is 3. The molecule has 0 aliphatic carbocycles. The van der Waals surface area contributed by atoms with Crippen LogP contribution in [0.3, 0.4) is 0 Å². The fourth-order valence-electron chi connectivity index (χ4n) is 4.65. The lowest BCUT2D eigenvalue weighted by molar-refractivity contribution is 0.00836. The number of aryl methyl sites for hydroxylation is 1. The maximum absolute atomic E-state index is 13.4. The third-order valence-corrected chi connectivity index (χ3v) is 6.64. The first kappa shape index (κ1) is 19.1. The molecule has 1 saturated heterocycles. The van der Waals surface area contributed by atoms with Crippen LogP contribution in [0.2, 0.25) is 0 Å². The van der Waals surface area contributed by atoms with Gasteiger partial charge in [0.05, 0.1) is 41.9 Å². The molecule has 0 bridgehead atoms. The molecule has 8 nitrogen and oxygen atoms in total. The minimum Gasteiger partial charge on any atom is -0.491 e. The van der Waals surface area contributed by atoms with Gasteiger partial charge in [-0.3, -0.25) is 9.48 Å². The second kappa shape index (κ2) is 6.93. The average molecular weight is 429 g/mol. The van der Waals surface area contributed by atoms with Crippen LogP contribution in [0.25, 0.3) is 21.8 Å². The van der Waals surface area contributed by atoms with Crippen molar-refractivity contribution in [2.45, 2.75) is 12.0 Å². The highest BCUT2D eigenvalue weighted by atomic mass is 16.5. The molecule has 0 spiro atoms. The van der Waals surface area contributed by atoms with E-state index in [4.69, 9.17) is 15.2 Å². The van der Waals surface area contributed by atoms with Gasteiger partial charge in [-0.2, -0.15) is 5.10 Å². The van der Waals surface area contributed by atoms with E-state index in [1.807, 2.05) is 26.2 Å². The number of nitrogens with two attached hydrogens (primary N) is 1. The van der Waals surface area contributed by atoms with Crippen molar-refractivity contribution >= 4 is 33.5 Å². The van der Waals surface area contributed by atoms with Gasteiger partial charge < -0.3 is 20.1 Å². The van der Waals surface area contributed by atoms with E-state index < -0.39 is 0 Å². The highest BCUT2D eigenvalue weighted by Crippen LogP contribution is 2.39. The topological polar surface area (TPSA) is 95.5 Å². The number of pyridine rings is 1. The molecule has 162 valence electrons. The van der Waals surface area contributed by atoms with Gasteiger partial charge >= 0.3 is 0 Å². The number of aromatic nitrogens is 3. The standard InChI is InChI=1S/C24H23N5O3/c1-28(20-12-32-21-8-13(3-5-16(20)21)15-10-31-11-15)24(30)14-4-6-19-17(7-14)22-18(23(25)27-19)9-26-29(22)2/h3-9,15,20H,10-12H2,1-2H3,(H2,25,27)/t20-/m1/s1. The second-order valence-electron chi connectivity index (χ2n) is 8.53. The molecule has 0 radical (unpaired) electrons. The molecule has 4 heterocycles. The van der Waals surface area contributed by atoms with Crippen LogP contribution in [0.4, 0.5) is 5.82 Å². The summed E-state index contributed by atoms with van der Waals surface area (Å²) >= 11 is 0. The molecular weight excluding hydrogens is 406 g/mol. The number of carbonyl (C=O) groups is 1. The van der Waals surface area contributed by atoms with E-state index in [2.05, 4.69) is 28.3 Å². The Labute approximate surface area is 184 Å². The van der Waals surface area contributed by atoms with Gasteiger partial charge in [0.2, 0.25) is 0 Å². The van der Waals surface area contributed by atoms with Crippen LogP contribution in [0, 0.1) is 0 Å². The number of likely N-dealkylation sites (N-methyl/N-ethyl adjacent to an activating group) is 1. The lowest BCUT2D eigenvalue weighted by atomic mass is 9.95. The zero-order valence-electron chi connectivity index (χ0n) is 17.9. The fourth-order valence-corrected chi connectivity index (χ4v) is 4.65. The van der Waals surface area contributed by atoms with Crippen molar-refractivity contribution in [3.63, 3.8) is 0 Å². The van der Waals surface area contributed by atoms with Crippen LogP contribution in [0.1, 0.15) is 33.4 Å². The Bertz CT molecular complexity index is 1390. The van der Waals surface area contributed by atoms with E-state index in [9.17, 15) is 4.79 Å². The number of carbonyl (C=O) groups excluding carboxylic acids is 1. The first-order valence-electron chi connectivity index (χ1n) is 10.6. The summed E-state index contributed by atoms with van der Waals surface area (Å²) in [6.45, 7) is 1.96. The molecule has 2 aromatic carbocycles. The number of nitrogens with zero attached hydrogens (tertiary/aromatic N) is 4. The van der Waals surface area contributed by atoms with Crippen LogP contribution >= 0.6 is 0 Å². The number of benzene rings is 2. The van der Waals surface area contributed by atoms with Crippen molar-refractivity contribution in [2.24, 2.45) is 7.05 Å². The van der Waals surface area contributed by atoms with Crippen molar-refractivity contribution in [1.29, 1.82) is 0 Å². The third kappa shape index (κ3) is 2.76. The van der Waals surface area contributed by atoms with Gasteiger partial charge in [0.15, 0.2) is 0 Å². The Morgan fingerprint density at radius 2 is 2.00 bits per heavy atom. The number of hydrogen-bond donors (Lipinski definition) is 1. The van der Waals surface area contributed by atoms with E-state index >= 15 is 0 Å². The molecule has 8 heteroatoms. The second-order valence-corrected chi connectivity index (χ2v) is 8.53. The van der Waals surface area contributed by atoms with Crippen molar-refractivity contribution in [2.75, 3.05) is 32.6 Å². The molecule has 0 unspecified atom stereocenters. The molecule has 2 aliphatic heterocycles. The molecule has 6 rings (SSSR count). The highest BCUT2D eigenvalue weighted by Gasteiger charge is 2.32. The zero-order chi connectivity index (χ0) is 22.0. The Hall–Kier alpha value is -3.65. The van der Waals surface area contributed by atoms with Crippen molar-refractivity contribution < 1.29 is 14.3 Å². The molecule has 2 N–H and O–H groups in total. The molecule has 1 fully saturated rings. The Morgan fingerprint density at radius 3 is 2.78 bits per heavy atom. The smallest absolute Gasteiger partial charge is 0.254 e. The molecule has 2 aromatic heterocycles. The maximum Gasteiger partial charge on any atom is 0.254 e. The molecule has 1 atom stereocenters. The van der Waals surface area contributed by atoms with Gasteiger partial charge in [-0.05, 0) is 29.8 Å². The molecular formula is C24H23N5O3. The molecule has 0 saturated carbocycles. The Morgan fingerprint density at radius 1 is 1.16 bits per heavy atom. The summed E-state index contributed by atoms with van der Waals surface area (Å²) in [6.07, 6.45) is 1.70. The first-order chi connectivity index (χ1) is 15.5. The summed E-state index contributed by atoms with van der Waals surface area (Å²) in [7, 11) is 3.68. The van der Waals surface area contributed by atoms with Gasteiger partial charge in [-0.1, -0.05) is 12.1 Å². The zero-order valence-corrected chi connectivity index (χ0v) is 17.9. The monoisotopic (exact) mass is 429 g/mol. The quantitative estimate of drug-likeness (QED) is 0.538. The van der Waals surface area contributed by atoms with Crippen LogP contribution in [0.15, 0.2) is 42.6 Å². The lowest BCUT2D eigenvalue weighted by Gasteiger charge is -2.27. The summed E-state index contributed by atoms with van der Waals surface area (Å²) in [5, 5.41) is 5.94. The number of anilines is 1. The number of amides is 1. The molecule has 4 aromatic rings. The number of fused-ring (bicyclic) bond motifs is 4. The Kier molecular flexibility index (Phi) is 4.13. The van der Waals surface area contributed by atoms with Crippen LogP contribution in [-0.2, 0) is 11.8 Å². The van der Waals surface area contributed by atoms with E-state index in [-0.39, 0.29) is 11.9 Å². The Balaban J connectivity index is 1.34. The van der Waals surface area contributed by atoms with E-state index in [0.29, 0.717) is 23.9 Å². The van der Waals surface area contributed by atoms with E-state index in [0.717, 1.165) is 46.3 Å². The number of nitrogen functional groups attached to an aromatic ring is 1. The lowest BCUT2D eigenvalue weighted by Crippen LogP contribution is -2.32. The van der Waals surface area contributed by atoms with Crippen molar-refractivity contribution in [1.82, 2.24) is 19.7 Å². The molecule has 32 heavy (non-hydrogen) atoms. The largest absolute Gasteiger partial charge is 0.491 e. The van der Waals surface area contributed by atoms with Crippen molar-refractivity contribution in [3.8, 4) is 5.75 Å². The minimum atomic E-state index is -0.138. The van der Waals surface area contributed by atoms with Gasteiger partial charge in [0.25, 0.3) is 5.91 Å². The number of ether oxygens (including phenoxy) is 2. The van der Waals surface area contributed by atoms with E-state index in [1.54, 1.807) is 21.8 Å². The van der Waals surface area contributed by atoms with Crippen LogP contribution in [0.5, 0.6) is 5.75 Å². The summed E-state index contributed by atoms with van der Waals surface area (Å²) in [4.78, 5) is 19.7. The van der Waals surface area contributed by atoms with Crippen LogP contribution < -0.4 is 10.5 Å². The maximum atomic E-state index is 13.4.